The first-order chi connectivity index (χ1) is 13.1. The van der Waals surface area contributed by atoms with Gasteiger partial charge in [-0.15, -0.1) is 5.10 Å². The molecule has 0 amide bonds. The fourth-order valence-electron chi connectivity index (χ4n) is 2.85. The Morgan fingerprint density at radius 1 is 0.889 bits per heavy atom. The van der Waals surface area contributed by atoms with E-state index in [1.165, 1.54) is 0 Å². The predicted octanol–water partition coefficient (Wildman–Crippen LogP) is 6.21. The Balaban J connectivity index is 1.71. The van der Waals surface area contributed by atoms with E-state index >= 15 is 0 Å². The summed E-state index contributed by atoms with van der Waals surface area (Å²) in [6.45, 7) is 0.435. The van der Waals surface area contributed by atoms with E-state index in [0.29, 0.717) is 27.4 Å². The lowest BCUT2D eigenvalue weighted by atomic mass is 10.1. The van der Waals surface area contributed by atoms with Gasteiger partial charge in [0.25, 0.3) is 0 Å². The van der Waals surface area contributed by atoms with Crippen LogP contribution >= 0.6 is 34.8 Å². The molecule has 0 saturated heterocycles. The van der Waals surface area contributed by atoms with Crippen LogP contribution in [-0.2, 0) is 6.54 Å². The first kappa shape index (κ1) is 18.1. The van der Waals surface area contributed by atoms with Gasteiger partial charge in [0.05, 0.1) is 12.1 Å². The molecule has 1 atom stereocenters. The lowest BCUT2D eigenvalue weighted by molar-refractivity contribution is 0.179. The Hall–Kier alpha value is -2.27. The van der Waals surface area contributed by atoms with Gasteiger partial charge in [0.1, 0.15) is 17.4 Å². The van der Waals surface area contributed by atoms with Crippen molar-refractivity contribution >= 4 is 45.8 Å². The molecule has 0 spiro atoms. The van der Waals surface area contributed by atoms with Crippen molar-refractivity contribution in [1.82, 2.24) is 15.0 Å². The van der Waals surface area contributed by atoms with Gasteiger partial charge in [-0.3, -0.25) is 0 Å². The number of hydrogen-bond acceptors (Lipinski definition) is 3. The fourth-order valence-corrected chi connectivity index (χ4v) is 3.50. The molecule has 136 valence electrons. The smallest absolute Gasteiger partial charge is 0.145 e. The molecular weight excluding hydrogens is 405 g/mol. The maximum Gasteiger partial charge on any atom is 0.145 e. The Kier molecular flexibility index (Phi) is 5.21. The quantitative estimate of drug-likeness (QED) is 0.387. The Bertz CT molecular complexity index is 1080. The first-order valence-corrected chi connectivity index (χ1v) is 9.39. The molecule has 0 aliphatic carbocycles. The minimum absolute atomic E-state index is 0.388. The van der Waals surface area contributed by atoms with Crippen LogP contribution in [0.15, 0.2) is 66.7 Å². The van der Waals surface area contributed by atoms with Crippen LogP contribution < -0.4 is 4.74 Å². The van der Waals surface area contributed by atoms with Gasteiger partial charge in [0.15, 0.2) is 0 Å². The van der Waals surface area contributed by atoms with Crippen LogP contribution in [0.3, 0.4) is 0 Å². The molecule has 0 saturated carbocycles. The molecule has 3 aromatic carbocycles. The summed E-state index contributed by atoms with van der Waals surface area (Å²) in [6.07, 6.45) is -0.388. The zero-order valence-electron chi connectivity index (χ0n) is 14.0. The monoisotopic (exact) mass is 417 g/mol. The molecule has 27 heavy (non-hydrogen) atoms. The average molecular weight is 419 g/mol. The number of rotatable bonds is 5. The van der Waals surface area contributed by atoms with Gasteiger partial charge in [0.2, 0.25) is 0 Å². The Morgan fingerprint density at radius 3 is 2.41 bits per heavy atom. The minimum Gasteiger partial charge on any atom is -0.484 e. The van der Waals surface area contributed by atoms with Gasteiger partial charge in [0, 0.05) is 20.6 Å². The zero-order valence-corrected chi connectivity index (χ0v) is 16.3. The second-order valence-electron chi connectivity index (χ2n) is 5.99. The van der Waals surface area contributed by atoms with Crippen LogP contribution in [0.5, 0.6) is 5.75 Å². The van der Waals surface area contributed by atoms with Crippen LogP contribution in [-0.4, -0.2) is 15.0 Å². The average Bonchev–Trinajstić information content (AvgIpc) is 3.06. The van der Waals surface area contributed by atoms with Crippen molar-refractivity contribution in [3.05, 3.63) is 87.4 Å². The summed E-state index contributed by atoms with van der Waals surface area (Å²) >= 11 is 18.5. The number of nitrogens with zero attached hydrogens (tertiary/aromatic N) is 3. The molecule has 1 unspecified atom stereocenters. The first-order valence-electron chi connectivity index (χ1n) is 8.25. The van der Waals surface area contributed by atoms with E-state index in [9.17, 15) is 0 Å². The highest BCUT2D eigenvalue weighted by molar-refractivity contribution is 6.35. The molecule has 4 nitrogen and oxygen atoms in total. The van der Waals surface area contributed by atoms with Crippen molar-refractivity contribution in [2.75, 3.05) is 0 Å². The van der Waals surface area contributed by atoms with Crippen LogP contribution in [0.1, 0.15) is 11.7 Å². The van der Waals surface area contributed by atoms with Gasteiger partial charge in [-0.2, -0.15) is 0 Å². The van der Waals surface area contributed by atoms with E-state index in [4.69, 9.17) is 39.5 Å². The summed E-state index contributed by atoms with van der Waals surface area (Å²) in [5.74, 6) is 0.680. The summed E-state index contributed by atoms with van der Waals surface area (Å²) in [4.78, 5) is 0. The normalized spacial score (nSPS) is 12.3. The van der Waals surface area contributed by atoms with Gasteiger partial charge < -0.3 is 4.74 Å². The van der Waals surface area contributed by atoms with Gasteiger partial charge in [-0.05, 0) is 48.5 Å². The maximum atomic E-state index is 6.44. The highest BCUT2D eigenvalue weighted by Gasteiger charge is 2.20. The molecule has 0 bridgehead atoms. The minimum atomic E-state index is -0.388. The number of ether oxygens (including phenoxy) is 1. The molecule has 4 aromatic rings. The topological polar surface area (TPSA) is 39.9 Å². The van der Waals surface area contributed by atoms with E-state index in [1.807, 2.05) is 42.5 Å². The third kappa shape index (κ3) is 4.03. The molecular formula is C20H14Cl3N3O. The van der Waals surface area contributed by atoms with Crippen molar-refractivity contribution in [1.29, 1.82) is 0 Å². The third-order valence-corrected chi connectivity index (χ3v) is 4.97. The number of aromatic nitrogens is 3. The lowest BCUT2D eigenvalue weighted by Gasteiger charge is -2.21. The molecule has 1 aromatic heterocycles. The summed E-state index contributed by atoms with van der Waals surface area (Å²) in [5, 5.41) is 10.2. The second-order valence-corrected chi connectivity index (χ2v) is 7.27. The number of hydrogen-bond donors (Lipinski definition) is 0. The highest BCUT2D eigenvalue weighted by atomic mass is 35.5. The van der Waals surface area contributed by atoms with Crippen LogP contribution in [0, 0.1) is 0 Å². The standard InChI is InChI=1S/C20H14Cl3N3O/c21-13-5-8-15(9-6-13)27-20(16-10-7-14(22)11-17(16)23)12-26-19-4-2-1-3-18(19)24-25-26/h1-11,20H,12H2. The molecule has 4 rings (SSSR count). The summed E-state index contributed by atoms with van der Waals surface area (Å²) in [5.41, 5.74) is 2.56. The summed E-state index contributed by atoms with van der Waals surface area (Å²) in [7, 11) is 0. The third-order valence-electron chi connectivity index (χ3n) is 4.16. The zero-order chi connectivity index (χ0) is 18.8. The molecule has 0 aliphatic rings. The van der Waals surface area contributed by atoms with Gasteiger partial charge in [-0.1, -0.05) is 58.2 Å². The van der Waals surface area contributed by atoms with E-state index < -0.39 is 0 Å². The van der Waals surface area contributed by atoms with Gasteiger partial charge >= 0.3 is 0 Å². The van der Waals surface area contributed by atoms with Crippen molar-refractivity contribution < 1.29 is 4.74 Å². The van der Waals surface area contributed by atoms with Crippen LogP contribution in [0.2, 0.25) is 15.1 Å². The highest BCUT2D eigenvalue weighted by Crippen LogP contribution is 2.32. The maximum absolute atomic E-state index is 6.44. The SMILES string of the molecule is Clc1ccc(OC(Cn2nnc3ccccc32)c2ccc(Cl)cc2Cl)cc1. The number of para-hydroxylation sites is 1. The van der Waals surface area contributed by atoms with Crippen molar-refractivity contribution in [3.8, 4) is 5.75 Å². The number of fused-ring (bicyclic) bond motifs is 1. The second kappa shape index (κ2) is 7.77. The van der Waals surface area contributed by atoms with E-state index in [-0.39, 0.29) is 6.10 Å². The summed E-state index contributed by atoms with van der Waals surface area (Å²) in [6, 6.07) is 20.3. The molecule has 0 radical (unpaired) electrons. The Morgan fingerprint density at radius 2 is 1.63 bits per heavy atom. The van der Waals surface area contributed by atoms with Gasteiger partial charge in [-0.25, -0.2) is 4.68 Å². The number of halogens is 3. The fraction of sp³-hybridized carbons (Fsp3) is 0.100. The lowest BCUT2D eigenvalue weighted by Crippen LogP contribution is -2.17. The molecule has 7 heteroatoms. The van der Waals surface area contributed by atoms with Crippen molar-refractivity contribution in [2.24, 2.45) is 0 Å². The van der Waals surface area contributed by atoms with E-state index in [2.05, 4.69) is 10.3 Å². The van der Waals surface area contributed by atoms with Crippen molar-refractivity contribution in [3.63, 3.8) is 0 Å². The van der Waals surface area contributed by atoms with E-state index in [1.54, 1.807) is 28.9 Å². The van der Waals surface area contributed by atoms with Crippen LogP contribution in [0.4, 0.5) is 0 Å². The number of benzene rings is 3. The largest absolute Gasteiger partial charge is 0.484 e. The van der Waals surface area contributed by atoms with E-state index in [0.717, 1.165) is 16.6 Å². The Labute approximate surface area is 171 Å². The predicted molar refractivity (Wildman–Crippen MR) is 109 cm³/mol. The van der Waals surface area contributed by atoms with Crippen molar-refractivity contribution in [2.45, 2.75) is 12.6 Å². The molecule has 0 aliphatic heterocycles. The molecule has 0 N–H and O–H groups in total. The molecule has 0 fully saturated rings. The summed E-state index contributed by atoms with van der Waals surface area (Å²) < 4.78 is 8.03. The van der Waals surface area contributed by atoms with Crippen LogP contribution in [0.25, 0.3) is 11.0 Å². The molecule has 1 heterocycles.